The van der Waals surface area contributed by atoms with Gasteiger partial charge in [-0.25, -0.2) is 0 Å². The molecule has 0 spiro atoms. The molecule has 2 aromatic heterocycles. The summed E-state index contributed by atoms with van der Waals surface area (Å²) < 4.78 is 9.48. The van der Waals surface area contributed by atoms with Gasteiger partial charge in [0.2, 0.25) is 0 Å². The molecule has 0 amide bonds. The lowest BCUT2D eigenvalue weighted by atomic mass is 10.0. The van der Waals surface area contributed by atoms with Crippen LogP contribution < -0.4 is 4.90 Å². The van der Waals surface area contributed by atoms with Crippen LogP contribution in [0.15, 0.2) is 192 Å². The standard InChI is InChI=1S/C50H31NOS/c1-2-9-32(10-3-1)36-22-27-41-44-14-8-15-46(50(44)52-47(41)29-36)51(39-26-21-35-18-17-34-11-4-5-12-40(34)45(35)31-39)38-24-19-33(20-25-38)37-23-28-43-42-13-6-7-16-48(42)53-49(43)30-37/h1-31H. The molecule has 248 valence electrons. The third kappa shape index (κ3) is 4.93. The summed E-state index contributed by atoms with van der Waals surface area (Å²) in [5, 5.41) is 9.77. The fourth-order valence-corrected chi connectivity index (χ4v) is 9.18. The molecule has 0 N–H and O–H groups in total. The normalized spacial score (nSPS) is 11.8. The minimum Gasteiger partial charge on any atom is -0.454 e. The van der Waals surface area contributed by atoms with Gasteiger partial charge in [0.1, 0.15) is 5.58 Å². The molecule has 11 rings (SSSR count). The third-order valence-corrected chi connectivity index (χ3v) is 11.8. The topological polar surface area (TPSA) is 16.4 Å². The molecule has 0 radical (unpaired) electrons. The minimum atomic E-state index is 0.866. The Morgan fingerprint density at radius 2 is 0.981 bits per heavy atom. The van der Waals surface area contributed by atoms with Crippen LogP contribution in [-0.2, 0) is 0 Å². The molecule has 11 aromatic rings. The highest BCUT2D eigenvalue weighted by molar-refractivity contribution is 7.25. The highest BCUT2D eigenvalue weighted by atomic mass is 32.1. The summed E-state index contributed by atoms with van der Waals surface area (Å²) in [6.07, 6.45) is 0. The zero-order chi connectivity index (χ0) is 34.9. The number of benzene rings is 9. The van der Waals surface area contributed by atoms with E-state index in [0.29, 0.717) is 0 Å². The molecule has 0 aliphatic carbocycles. The van der Waals surface area contributed by atoms with Gasteiger partial charge in [-0.05, 0) is 98.4 Å². The van der Waals surface area contributed by atoms with Crippen molar-refractivity contribution in [3.05, 3.63) is 188 Å². The maximum atomic E-state index is 6.85. The largest absolute Gasteiger partial charge is 0.454 e. The predicted molar refractivity (Wildman–Crippen MR) is 227 cm³/mol. The lowest BCUT2D eigenvalue weighted by Crippen LogP contribution is -2.10. The fourth-order valence-electron chi connectivity index (χ4n) is 8.03. The average Bonchev–Trinajstić information content (AvgIpc) is 3.79. The van der Waals surface area contributed by atoms with E-state index in [-0.39, 0.29) is 0 Å². The first-order valence-electron chi connectivity index (χ1n) is 18.0. The van der Waals surface area contributed by atoms with Gasteiger partial charge < -0.3 is 9.32 Å². The zero-order valence-corrected chi connectivity index (χ0v) is 29.5. The van der Waals surface area contributed by atoms with Crippen molar-refractivity contribution in [3.8, 4) is 22.3 Å². The number of rotatable bonds is 5. The second kappa shape index (κ2) is 11.9. The Kier molecular flexibility index (Phi) is 6.76. The number of nitrogens with zero attached hydrogens (tertiary/aromatic N) is 1. The summed E-state index contributed by atoms with van der Waals surface area (Å²) >= 11 is 1.86. The molecule has 2 nitrogen and oxygen atoms in total. The van der Waals surface area contributed by atoms with Gasteiger partial charge in [-0.1, -0.05) is 133 Å². The molecule has 53 heavy (non-hydrogen) atoms. The average molecular weight is 694 g/mol. The monoisotopic (exact) mass is 693 g/mol. The predicted octanol–water partition coefficient (Wildman–Crippen LogP) is 15.1. The molecule has 0 saturated heterocycles. The van der Waals surface area contributed by atoms with Crippen LogP contribution in [0.2, 0.25) is 0 Å². The second-order valence-corrected chi connectivity index (χ2v) is 14.8. The highest BCUT2D eigenvalue weighted by Gasteiger charge is 2.20. The molecular formula is C50H31NOS. The Morgan fingerprint density at radius 1 is 0.358 bits per heavy atom. The van der Waals surface area contributed by atoms with E-state index in [0.717, 1.165) is 44.6 Å². The molecule has 0 saturated carbocycles. The van der Waals surface area contributed by atoms with Gasteiger partial charge >= 0.3 is 0 Å². The van der Waals surface area contributed by atoms with Gasteiger partial charge in [-0.15, -0.1) is 11.3 Å². The Bertz CT molecular complexity index is 3170. The quantitative estimate of drug-likeness (QED) is 0.167. The van der Waals surface area contributed by atoms with Crippen molar-refractivity contribution in [2.75, 3.05) is 4.90 Å². The van der Waals surface area contributed by atoms with Crippen LogP contribution in [-0.4, -0.2) is 0 Å². The molecule has 0 unspecified atom stereocenters. The van der Waals surface area contributed by atoms with Crippen molar-refractivity contribution in [1.29, 1.82) is 0 Å². The summed E-state index contributed by atoms with van der Waals surface area (Å²) in [6, 6.07) is 67.9. The summed E-state index contributed by atoms with van der Waals surface area (Å²) in [6.45, 7) is 0. The van der Waals surface area contributed by atoms with E-state index in [4.69, 9.17) is 4.42 Å². The van der Waals surface area contributed by atoms with E-state index < -0.39 is 0 Å². The molecule has 0 fully saturated rings. The minimum absolute atomic E-state index is 0.866. The molecule has 3 heteroatoms. The van der Waals surface area contributed by atoms with E-state index in [1.54, 1.807) is 0 Å². The maximum Gasteiger partial charge on any atom is 0.159 e. The first-order valence-corrected chi connectivity index (χ1v) is 18.8. The number of fused-ring (bicyclic) bond motifs is 9. The molecular weight excluding hydrogens is 663 g/mol. The van der Waals surface area contributed by atoms with E-state index in [2.05, 4.69) is 193 Å². The van der Waals surface area contributed by atoms with Crippen LogP contribution in [0.5, 0.6) is 0 Å². The SMILES string of the molecule is c1ccc(-c2ccc3c(c2)oc2c(N(c4ccc(-c5ccc6c(c5)sc5ccccc56)cc4)c4ccc5ccc6ccccc6c5c4)cccc23)cc1. The van der Waals surface area contributed by atoms with Crippen LogP contribution >= 0.6 is 11.3 Å². The Hall–Kier alpha value is -6.68. The van der Waals surface area contributed by atoms with Crippen LogP contribution in [0.3, 0.4) is 0 Å². The van der Waals surface area contributed by atoms with Gasteiger partial charge in [0.15, 0.2) is 5.58 Å². The Balaban J connectivity index is 1.09. The highest BCUT2D eigenvalue weighted by Crippen LogP contribution is 2.44. The zero-order valence-electron chi connectivity index (χ0n) is 28.7. The van der Waals surface area contributed by atoms with Crippen molar-refractivity contribution in [2.45, 2.75) is 0 Å². The van der Waals surface area contributed by atoms with Gasteiger partial charge in [-0.2, -0.15) is 0 Å². The molecule has 0 aliphatic heterocycles. The van der Waals surface area contributed by atoms with E-state index in [9.17, 15) is 0 Å². The molecule has 0 bridgehead atoms. The summed E-state index contributed by atoms with van der Waals surface area (Å²) in [7, 11) is 0. The van der Waals surface area contributed by atoms with Gasteiger partial charge in [0.05, 0.1) is 5.69 Å². The fraction of sp³-hybridized carbons (Fsp3) is 0. The number of hydrogen-bond acceptors (Lipinski definition) is 3. The third-order valence-electron chi connectivity index (χ3n) is 10.7. The van der Waals surface area contributed by atoms with Crippen molar-refractivity contribution >= 4 is 92.1 Å². The smallest absolute Gasteiger partial charge is 0.159 e. The van der Waals surface area contributed by atoms with Gasteiger partial charge in [0, 0.05) is 42.3 Å². The molecule has 0 aliphatic rings. The number of para-hydroxylation sites is 1. The van der Waals surface area contributed by atoms with Crippen molar-refractivity contribution in [1.82, 2.24) is 0 Å². The number of furan rings is 1. The van der Waals surface area contributed by atoms with Crippen molar-refractivity contribution < 1.29 is 4.42 Å². The van der Waals surface area contributed by atoms with Crippen molar-refractivity contribution in [3.63, 3.8) is 0 Å². The summed E-state index contributed by atoms with van der Waals surface area (Å²) in [5.41, 5.74) is 9.60. The van der Waals surface area contributed by atoms with Gasteiger partial charge in [0.25, 0.3) is 0 Å². The summed E-state index contributed by atoms with van der Waals surface area (Å²) in [4.78, 5) is 2.35. The van der Waals surface area contributed by atoms with E-state index in [1.807, 2.05) is 11.3 Å². The first-order chi connectivity index (χ1) is 26.2. The van der Waals surface area contributed by atoms with Crippen molar-refractivity contribution in [2.24, 2.45) is 0 Å². The second-order valence-electron chi connectivity index (χ2n) is 13.7. The number of thiophene rings is 1. The maximum absolute atomic E-state index is 6.85. The van der Waals surface area contributed by atoms with E-state index >= 15 is 0 Å². The Labute approximate surface area is 310 Å². The van der Waals surface area contributed by atoms with Crippen LogP contribution in [0.4, 0.5) is 17.1 Å². The van der Waals surface area contributed by atoms with Crippen LogP contribution in [0.1, 0.15) is 0 Å². The van der Waals surface area contributed by atoms with Crippen LogP contribution in [0, 0.1) is 0 Å². The lowest BCUT2D eigenvalue weighted by Gasteiger charge is -2.26. The first kappa shape index (κ1) is 30.0. The summed E-state index contributed by atoms with van der Waals surface area (Å²) in [5.74, 6) is 0. The van der Waals surface area contributed by atoms with Gasteiger partial charge in [-0.3, -0.25) is 0 Å². The molecule has 2 heterocycles. The molecule has 9 aromatic carbocycles. The van der Waals surface area contributed by atoms with Crippen LogP contribution in [0.25, 0.3) is 85.9 Å². The van der Waals surface area contributed by atoms with E-state index in [1.165, 1.54) is 58.4 Å². The molecule has 0 atom stereocenters. The lowest BCUT2D eigenvalue weighted by molar-refractivity contribution is 0.669. The number of hydrogen-bond donors (Lipinski definition) is 0. The number of anilines is 3. The Morgan fingerprint density at radius 3 is 1.85 bits per heavy atom.